The number of carbonyl (C=O) groups is 2. The average Bonchev–Trinajstić information content (AvgIpc) is 3.33. The first-order chi connectivity index (χ1) is 16.2. The first-order valence-electron chi connectivity index (χ1n) is 10.4. The Kier molecular flexibility index (Phi) is 7.18. The summed E-state index contributed by atoms with van der Waals surface area (Å²) in [6, 6.07) is 24.0. The zero-order chi connectivity index (χ0) is 22.9. The third-order valence-electron chi connectivity index (χ3n) is 4.83. The largest absolute Gasteiger partial charge is 0.458 e. The molecule has 0 spiro atoms. The molecule has 3 aromatic carbocycles. The van der Waals surface area contributed by atoms with E-state index in [1.54, 1.807) is 30.4 Å². The molecule has 0 saturated carbocycles. The third-order valence-corrected chi connectivity index (χ3v) is 4.83. The van der Waals surface area contributed by atoms with Gasteiger partial charge in [-0.2, -0.15) is 0 Å². The molecule has 33 heavy (non-hydrogen) atoms. The van der Waals surface area contributed by atoms with Crippen molar-refractivity contribution in [1.82, 2.24) is 0 Å². The molecule has 0 aromatic heterocycles. The van der Waals surface area contributed by atoms with E-state index in [4.69, 9.17) is 18.9 Å². The van der Waals surface area contributed by atoms with E-state index in [0.717, 1.165) is 11.1 Å². The van der Waals surface area contributed by atoms with Gasteiger partial charge >= 0.3 is 11.9 Å². The highest BCUT2D eigenvalue weighted by Crippen LogP contribution is 2.35. The molecule has 1 heterocycles. The molecule has 4 rings (SSSR count). The molecule has 0 fully saturated rings. The van der Waals surface area contributed by atoms with E-state index in [1.165, 1.54) is 12.2 Å². The highest BCUT2D eigenvalue weighted by Gasteiger charge is 2.22. The van der Waals surface area contributed by atoms with Gasteiger partial charge in [-0.05, 0) is 41.0 Å². The minimum atomic E-state index is -0.818. The van der Waals surface area contributed by atoms with Crippen LogP contribution in [0, 0.1) is 0 Å². The Morgan fingerprint density at radius 1 is 0.788 bits per heavy atom. The molecule has 166 valence electrons. The van der Waals surface area contributed by atoms with Crippen LogP contribution in [0.15, 0.2) is 91.0 Å². The summed E-state index contributed by atoms with van der Waals surface area (Å²) in [7, 11) is 0. The maximum atomic E-state index is 12.5. The molecule has 0 bridgehead atoms. The van der Waals surface area contributed by atoms with Gasteiger partial charge in [0.1, 0.15) is 6.61 Å². The third kappa shape index (κ3) is 6.33. The molecule has 0 aliphatic carbocycles. The van der Waals surface area contributed by atoms with Crippen LogP contribution in [-0.4, -0.2) is 25.3 Å². The molecular weight excluding hydrogens is 420 g/mol. The molecule has 0 unspecified atom stereocenters. The number of hydrogen-bond donors (Lipinski definition) is 0. The molecule has 0 saturated heterocycles. The van der Waals surface area contributed by atoms with Gasteiger partial charge in [-0.25, -0.2) is 9.59 Å². The van der Waals surface area contributed by atoms with Crippen molar-refractivity contribution in [1.29, 1.82) is 0 Å². The summed E-state index contributed by atoms with van der Waals surface area (Å²) in [5.41, 5.74) is 2.37. The van der Waals surface area contributed by atoms with Gasteiger partial charge in [-0.15, -0.1) is 0 Å². The number of esters is 2. The van der Waals surface area contributed by atoms with Crippen molar-refractivity contribution in [3.8, 4) is 11.5 Å². The molecule has 0 amide bonds. The van der Waals surface area contributed by atoms with Gasteiger partial charge in [0.05, 0.1) is 0 Å². The highest BCUT2D eigenvalue weighted by molar-refractivity contribution is 5.88. The van der Waals surface area contributed by atoms with Gasteiger partial charge in [0.15, 0.2) is 17.6 Å². The zero-order valence-electron chi connectivity index (χ0n) is 17.8. The quantitative estimate of drug-likeness (QED) is 0.362. The first kappa shape index (κ1) is 21.9. The molecule has 1 aliphatic rings. The number of ether oxygens (including phenoxy) is 4. The Bertz CT molecular complexity index is 1150. The summed E-state index contributed by atoms with van der Waals surface area (Å²) >= 11 is 0. The second-order valence-electron chi connectivity index (χ2n) is 7.16. The maximum absolute atomic E-state index is 12.5. The first-order valence-corrected chi connectivity index (χ1v) is 10.4. The van der Waals surface area contributed by atoms with Crippen molar-refractivity contribution < 1.29 is 28.5 Å². The number of carbonyl (C=O) groups excluding carboxylic acids is 2. The molecule has 0 radical (unpaired) electrons. The van der Waals surface area contributed by atoms with E-state index in [2.05, 4.69) is 0 Å². The maximum Gasteiger partial charge on any atom is 0.331 e. The molecule has 1 atom stereocenters. The lowest BCUT2D eigenvalue weighted by atomic mass is 10.1. The second kappa shape index (κ2) is 10.8. The van der Waals surface area contributed by atoms with Crippen LogP contribution >= 0.6 is 0 Å². The van der Waals surface area contributed by atoms with Crippen molar-refractivity contribution in [3.05, 3.63) is 108 Å². The number of fused-ring (bicyclic) bond motifs is 1. The van der Waals surface area contributed by atoms with Crippen molar-refractivity contribution in [2.24, 2.45) is 0 Å². The van der Waals surface area contributed by atoms with Crippen LogP contribution in [0.3, 0.4) is 0 Å². The molecule has 3 aromatic rings. The standard InChI is InChI=1S/C27H22O6/c28-26(15-11-20-7-3-1-4-8-20)30-18-25(22-13-14-23-24(17-22)32-19-31-23)33-27(29)16-12-21-9-5-2-6-10-21/h1-17,25H,18-19H2/b15-11+,16-12+/t25-/m1/s1. The lowest BCUT2D eigenvalue weighted by Crippen LogP contribution is -2.17. The predicted octanol–water partition coefficient (Wildman–Crippen LogP) is 4.97. The summed E-state index contributed by atoms with van der Waals surface area (Å²) in [6.07, 6.45) is 5.18. The molecule has 6 nitrogen and oxygen atoms in total. The minimum Gasteiger partial charge on any atom is -0.458 e. The van der Waals surface area contributed by atoms with Gasteiger partial charge in [0.2, 0.25) is 6.79 Å². The molecule has 1 aliphatic heterocycles. The Morgan fingerprint density at radius 3 is 2.06 bits per heavy atom. The Balaban J connectivity index is 1.44. The summed E-state index contributed by atoms with van der Waals surface area (Å²) in [4.78, 5) is 24.7. The smallest absolute Gasteiger partial charge is 0.331 e. The number of hydrogen-bond acceptors (Lipinski definition) is 6. The monoisotopic (exact) mass is 442 g/mol. The number of benzene rings is 3. The summed E-state index contributed by atoms with van der Waals surface area (Å²) in [5, 5.41) is 0. The van der Waals surface area contributed by atoms with Crippen LogP contribution in [0.4, 0.5) is 0 Å². The SMILES string of the molecule is O=C(/C=C/c1ccccc1)OC[C@@H](OC(=O)/C=C/c1ccccc1)c1ccc2c(c1)OCO2. The topological polar surface area (TPSA) is 71.1 Å². The Morgan fingerprint density at radius 2 is 1.39 bits per heavy atom. The van der Waals surface area contributed by atoms with Crippen molar-refractivity contribution >= 4 is 24.1 Å². The Labute approximate surface area is 191 Å². The van der Waals surface area contributed by atoms with Crippen LogP contribution in [0.2, 0.25) is 0 Å². The van der Waals surface area contributed by atoms with Crippen LogP contribution < -0.4 is 9.47 Å². The summed E-state index contributed by atoms with van der Waals surface area (Å²) in [6.45, 7) is -0.0230. The lowest BCUT2D eigenvalue weighted by Gasteiger charge is -2.17. The average molecular weight is 442 g/mol. The predicted molar refractivity (Wildman–Crippen MR) is 123 cm³/mol. The van der Waals surface area contributed by atoms with E-state index in [1.807, 2.05) is 60.7 Å². The molecule has 6 heteroatoms. The van der Waals surface area contributed by atoms with Gasteiger partial charge in [0.25, 0.3) is 0 Å². The van der Waals surface area contributed by atoms with E-state index < -0.39 is 18.0 Å². The lowest BCUT2D eigenvalue weighted by molar-refractivity contribution is -0.153. The van der Waals surface area contributed by atoms with Gasteiger partial charge in [-0.1, -0.05) is 66.7 Å². The summed E-state index contributed by atoms with van der Waals surface area (Å²) in [5.74, 6) is 0.0529. The van der Waals surface area contributed by atoms with Crippen molar-refractivity contribution in [2.45, 2.75) is 6.10 Å². The van der Waals surface area contributed by atoms with Crippen LogP contribution in [0.5, 0.6) is 11.5 Å². The minimum absolute atomic E-state index is 0.127. The number of rotatable bonds is 8. The van der Waals surface area contributed by atoms with E-state index in [9.17, 15) is 9.59 Å². The highest BCUT2D eigenvalue weighted by atomic mass is 16.7. The normalized spacial score (nSPS) is 13.2. The fourth-order valence-electron chi connectivity index (χ4n) is 3.15. The van der Waals surface area contributed by atoms with Gasteiger partial charge in [-0.3, -0.25) is 0 Å². The fraction of sp³-hybridized carbons (Fsp3) is 0.111. The second-order valence-corrected chi connectivity index (χ2v) is 7.16. The molecule has 0 N–H and O–H groups in total. The van der Waals surface area contributed by atoms with Crippen LogP contribution in [0.25, 0.3) is 12.2 Å². The van der Waals surface area contributed by atoms with E-state index >= 15 is 0 Å². The van der Waals surface area contributed by atoms with E-state index in [0.29, 0.717) is 17.1 Å². The van der Waals surface area contributed by atoms with Crippen molar-refractivity contribution in [3.63, 3.8) is 0 Å². The summed E-state index contributed by atoms with van der Waals surface area (Å²) < 4.78 is 21.7. The Hall–Kier alpha value is -4.32. The van der Waals surface area contributed by atoms with Crippen LogP contribution in [-0.2, 0) is 19.1 Å². The van der Waals surface area contributed by atoms with E-state index in [-0.39, 0.29) is 13.4 Å². The zero-order valence-corrected chi connectivity index (χ0v) is 17.8. The van der Waals surface area contributed by atoms with Gasteiger partial charge < -0.3 is 18.9 Å². The fourth-order valence-corrected chi connectivity index (χ4v) is 3.15. The van der Waals surface area contributed by atoms with Crippen LogP contribution in [0.1, 0.15) is 22.8 Å². The van der Waals surface area contributed by atoms with Gasteiger partial charge in [0, 0.05) is 12.2 Å². The van der Waals surface area contributed by atoms with Crippen molar-refractivity contribution in [2.75, 3.05) is 13.4 Å². The molecular formula is C27H22O6.